The summed E-state index contributed by atoms with van der Waals surface area (Å²) in [5.74, 6) is 0.105. The molecule has 0 spiro atoms. The van der Waals surface area contributed by atoms with Crippen molar-refractivity contribution in [1.29, 1.82) is 0 Å². The van der Waals surface area contributed by atoms with Crippen LogP contribution in [0, 0.1) is 0 Å². The van der Waals surface area contributed by atoms with E-state index in [1.807, 2.05) is 54.4 Å². The fourth-order valence-electron chi connectivity index (χ4n) is 4.27. The molecule has 1 aliphatic heterocycles. The van der Waals surface area contributed by atoms with E-state index in [0.717, 1.165) is 27.9 Å². The molecule has 2 heteroatoms. The zero-order chi connectivity index (χ0) is 19.7. The lowest BCUT2D eigenvalue weighted by Gasteiger charge is -2.35. The van der Waals surface area contributed by atoms with Gasteiger partial charge in [0.05, 0.1) is 5.69 Å². The number of amides is 1. The van der Waals surface area contributed by atoms with Crippen molar-refractivity contribution in [2.24, 2.45) is 0 Å². The number of hydrogen-bond acceptors (Lipinski definition) is 1. The summed E-state index contributed by atoms with van der Waals surface area (Å²) in [6, 6.07) is 26.7. The molecule has 1 aliphatic rings. The summed E-state index contributed by atoms with van der Waals surface area (Å²) in [7, 11) is 1.90. The van der Waals surface area contributed by atoms with E-state index < -0.39 is 5.41 Å². The van der Waals surface area contributed by atoms with Crippen LogP contribution in [0.1, 0.15) is 31.4 Å². The molecule has 1 atom stereocenters. The predicted molar refractivity (Wildman–Crippen MR) is 117 cm³/mol. The van der Waals surface area contributed by atoms with E-state index in [9.17, 15) is 4.79 Å². The van der Waals surface area contributed by atoms with Crippen LogP contribution in [0.3, 0.4) is 0 Å². The highest BCUT2D eigenvalue weighted by molar-refractivity contribution is 6.09. The van der Waals surface area contributed by atoms with Gasteiger partial charge in [-0.15, -0.1) is 0 Å². The van der Waals surface area contributed by atoms with Crippen LogP contribution in [-0.2, 0) is 10.2 Å². The molecule has 0 radical (unpaired) electrons. The summed E-state index contributed by atoms with van der Waals surface area (Å²) in [6.45, 7) is 4.18. The van der Waals surface area contributed by atoms with Crippen molar-refractivity contribution in [3.05, 3.63) is 102 Å². The molecular formula is C26H25NO. The number of hydrogen-bond donors (Lipinski definition) is 0. The fourth-order valence-corrected chi connectivity index (χ4v) is 4.27. The Kier molecular flexibility index (Phi) is 4.64. The van der Waals surface area contributed by atoms with E-state index in [4.69, 9.17) is 0 Å². The molecule has 0 saturated carbocycles. The van der Waals surface area contributed by atoms with Crippen LogP contribution in [0.25, 0.3) is 11.1 Å². The smallest absolute Gasteiger partial charge is 0.242 e. The van der Waals surface area contributed by atoms with Crippen LogP contribution in [0.2, 0.25) is 0 Å². The van der Waals surface area contributed by atoms with Gasteiger partial charge in [-0.3, -0.25) is 4.79 Å². The molecule has 0 fully saturated rings. The van der Waals surface area contributed by atoms with Gasteiger partial charge in [0, 0.05) is 12.6 Å². The van der Waals surface area contributed by atoms with Gasteiger partial charge in [-0.2, -0.15) is 0 Å². The van der Waals surface area contributed by atoms with E-state index in [0.29, 0.717) is 6.42 Å². The van der Waals surface area contributed by atoms with E-state index in [1.54, 1.807) is 0 Å². The molecule has 3 aromatic carbocycles. The Morgan fingerprint density at radius 3 is 2.18 bits per heavy atom. The van der Waals surface area contributed by atoms with Crippen molar-refractivity contribution in [3.8, 4) is 11.1 Å². The highest BCUT2D eigenvalue weighted by Crippen LogP contribution is 2.48. The van der Waals surface area contributed by atoms with Gasteiger partial charge in [-0.25, -0.2) is 0 Å². The summed E-state index contributed by atoms with van der Waals surface area (Å²) in [6.07, 6.45) is 2.82. The maximum absolute atomic E-state index is 14.1. The molecule has 3 aromatic rings. The number of rotatable bonds is 3. The molecule has 0 unspecified atom stereocenters. The summed E-state index contributed by atoms with van der Waals surface area (Å²) in [4.78, 5) is 15.9. The lowest BCUT2D eigenvalue weighted by atomic mass is 9.69. The van der Waals surface area contributed by atoms with Crippen LogP contribution in [0.5, 0.6) is 0 Å². The van der Waals surface area contributed by atoms with Crippen LogP contribution in [-0.4, -0.2) is 13.0 Å². The third kappa shape index (κ3) is 2.77. The minimum absolute atomic E-state index is 0.105. The first-order chi connectivity index (χ1) is 13.6. The Labute approximate surface area is 167 Å². The monoisotopic (exact) mass is 367 g/mol. The quantitative estimate of drug-likeness (QED) is 0.522. The normalized spacial score (nSPS) is 18.1. The standard InChI is InChI=1S/C26H25NO/c1-19(2)17-18-26(20-11-5-4-6-12-20)23-15-9-7-13-21(23)22-14-8-10-16-24(22)27(3)25(26)28/h4-17H,18H2,1-3H3/t26-/m0/s1. The van der Waals surface area contributed by atoms with Gasteiger partial charge in [-0.05, 0) is 43.0 Å². The maximum atomic E-state index is 14.1. The average Bonchev–Trinajstić information content (AvgIpc) is 2.81. The van der Waals surface area contributed by atoms with E-state index in [-0.39, 0.29) is 5.91 Å². The van der Waals surface area contributed by atoms with Crippen molar-refractivity contribution < 1.29 is 4.79 Å². The Bertz CT molecular complexity index is 1050. The lowest BCUT2D eigenvalue weighted by molar-refractivity contribution is -0.122. The number of allylic oxidation sites excluding steroid dienone is 2. The van der Waals surface area contributed by atoms with Crippen LogP contribution in [0.4, 0.5) is 5.69 Å². The van der Waals surface area contributed by atoms with Crippen molar-refractivity contribution in [3.63, 3.8) is 0 Å². The molecule has 1 amide bonds. The van der Waals surface area contributed by atoms with Gasteiger partial charge < -0.3 is 4.90 Å². The summed E-state index contributed by atoms with van der Waals surface area (Å²) in [5, 5.41) is 0. The molecule has 0 aromatic heterocycles. The summed E-state index contributed by atoms with van der Waals surface area (Å²) >= 11 is 0. The van der Waals surface area contributed by atoms with Gasteiger partial charge in [0.1, 0.15) is 5.41 Å². The number of fused-ring (bicyclic) bond motifs is 3. The summed E-state index contributed by atoms with van der Waals surface area (Å²) < 4.78 is 0. The molecule has 28 heavy (non-hydrogen) atoms. The number of benzene rings is 3. The molecule has 0 saturated heterocycles. The molecule has 4 rings (SSSR count). The van der Waals surface area contributed by atoms with Crippen molar-refractivity contribution in [2.75, 3.05) is 11.9 Å². The van der Waals surface area contributed by atoms with Crippen LogP contribution >= 0.6 is 0 Å². The first-order valence-corrected chi connectivity index (χ1v) is 9.71. The molecule has 0 bridgehead atoms. The summed E-state index contributed by atoms with van der Waals surface area (Å²) in [5.41, 5.74) is 5.74. The van der Waals surface area contributed by atoms with Gasteiger partial charge >= 0.3 is 0 Å². The number of carbonyl (C=O) groups excluding carboxylic acids is 1. The van der Waals surface area contributed by atoms with Gasteiger partial charge in [0.2, 0.25) is 5.91 Å². The second-order valence-corrected chi connectivity index (χ2v) is 7.68. The molecule has 2 nitrogen and oxygen atoms in total. The second-order valence-electron chi connectivity index (χ2n) is 7.68. The zero-order valence-electron chi connectivity index (χ0n) is 16.6. The highest BCUT2D eigenvalue weighted by atomic mass is 16.2. The van der Waals surface area contributed by atoms with Crippen molar-refractivity contribution in [1.82, 2.24) is 0 Å². The minimum Gasteiger partial charge on any atom is -0.314 e. The van der Waals surface area contributed by atoms with Crippen LogP contribution < -0.4 is 4.90 Å². The van der Waals surface area contributed by atoms with E-state index in [2.05, 4.69) is 56.3 Å². The van der Waals surface area contributed by atoms with Crippen LogP contribution in [0.15, 0.2) is 90.5 Å². The Balaban J connectivity index is 2.11. The van der Waals surface area contributed by atoms with Gasteiger partial charge in [0.25, 0.3) is 0 Å². The molecular weight excluding hydrogens is 342 g/mol. The molecule has 0 N–H and O–H groups in total. The van der Waals surface area contributed by atoms with E-state index in [1.165, 1.54) is 5.57 Å². The number of para-hydroxylation sites is 1. The largest absolute Gasteiger partial charge is 0.314 e. The lowest BCUT2D eigenvalue weighted by Crippen LogP contribution is -2.45. The van der Waals surface area contributed by atoms with Gasteiger partial charge in [0.15, 0.2) is 0 Å². The Morgan fingerprint density at radius 1 is 0.857 bits per heavy atom. The Hall–Kier alpha value is -3.13. The SMILES string of the molecule is CC(C)=CC[C@@]1(c2ccccc2)C(=O)N(C)c2ccccc2-c2ccccc21. The average molecular weight is 367 g/mol. The predicted octanol–water partition coefficient (Wildman–Crippen LogP) is 5.97. The van der Waals surface area contributed by atoms with Gasteiger partial charge in [-0.1, -0.05) is 84.4 Å². The third-order valence-electron chi connectivity index (χ3n) is 5.70. The third-order valence-corrected chi connectivity index (χ3v) is 5.70. The Morgan fingerprint density at radius 2 is 1.46 bits per heavy atom. The number of anilines is 1. The molecule has 0 aliphatic carbocycles. The van der Waals surface area contributed by atoms with Crippen molar-refractivity contribution >= 4 is 11.6 Å². The number of likely N-dealkylation sites (N-methyl/N-ethyl adjacent to an activating group) is 1. The topological polar surface area (TPSA) is 20.3 Å². The number of carbonyl (C=O) groups is 1. The molecule has 1 heterocycles. The minimum atomic E-state index is -0.761. The van der Waals surface area contributed by atoms with Crippen molar-refractivity contribution in [2.45, 2.75) is 25.7 Å². The van der Waals surface area contributed by atoms with E-state index >= 15 is 0 Å². The number of nitrogens with zero attached hydrogens (tertiary/aromatic N) is 1. The second kappa shape index (κ2) is 7.12. The first-order valence-electron chi connectivity index (χ1n) is 9.71. The zero-order valence-corrected chi connectivity index (χ0v) is 16.6. The maximum Gasteiger partial charge on any atom is 0.242 e. The molecule has 140 valence electrons. The highest BCUT2D eigenvalue weighted by Gasteiger charge is 2.46. The first kappa shape index (κ1) is 18.2. The fraction of sp³-hybridized carbons (Fsp3) is 0.192.